The van der Waals surface area contributed by atoms with E-state index in [4.69, 9.17) is 23.2 Å². The summed E-state index contributed by atoms with van der Waals surface area (Å²) in [6.07, 6.45) is 3.88. The molecule has 0 spiro atoms. The zero-order valence-corrected chi connectivity index (χ0v) is 11.3. The second kappa shape index (κ2) is 6.60. The third-order valence-corrected chi connectivity index (χ3v) is 3.87. The molecule has 1 aromatic carbocycles. The molecule has 1 aliphatic heterocycles. The van der Waals surface area contributed by atoms with E-state index in [9.17, 15) is 0 Å². The Morgan fingerprint density at radius 1 is 1.24 bits per heavy atom. The molecule has 0 amide bonds. The first-order valence-electron chi connectivity index (χ1n) is 6.14. The summed E-state index contributed by atoms with van der Waals surface area (Å²) < 4.78 is 0. The SMILES string of the molecule is Clc1cccc(Cl)c1CNC[C@H]1CCCCN1. The maximum atomic E-state index is 6.11. The Hall–Kier alpha value is -0.280. The fourth-order valence-electron chi connectivity index (χ4n) is 2.17. The Balaban J connectivity index is 1.81. The van der Waals surface area contributed by atoms with Crippen LogP contribution in [0.1, 0.15) is 24.8 Å². The maximum Gasteiger partial charge on any atom is 0.0465 e. The quantitative estimate of drug-likeness (QED) is 0.880. The summed E-state index contributed by atoms with van der Waals surface area (Å²) in [6, 6.07) is 6.22. The Bertz CT molecular complexity index is 342. The van der Waals surface area contributed by atoms with Crippen LogP contribution in [0.5, 0.6) is 0 Å². The van der Waals surface area contributed by atoms with Crippen LogP contribution in [0, 0.1) is 0 Å². The Morgan fingerprint density at radius 2 is 2.00 bits per heavy atom. The standard InChI is InChI=1S/C13H18Cl2N2/c14-12-5-3-6-13(15)11(12)9-16-8-10-4-1-2-7-17-10/h3,5-6,10,16-17H,1-2,4,7-9H2/t10-/m1/s1. The van der Waals surface area contributed by atoms with Crippen molar-refractivity contribution in [2.24, 2.45) is 0 Å². The molecule has 0 bridgehead atoms. The summed E-state index contributed by atoms with van der Waals surface area (Å²) in [5.74, 6) is 0. The van der Waals surface area contributed by atoms with Gasteiger partial charge in [0.15, 0.2) is 0 Å². The molecule has 0 aliphatic carbocycles. The van der Waals surface area contributed by atoms with E-state index >= 15 is 0 Å². The molecule has 94 valence electrons. The highest BCUT2D eigenvalue weighted by molar-refractivity contribution is 6.35. The van der Waals surface area contributed by atoms with E-state index in [-0.39, 0.29) is 0 Å². The third kappa shape index (κ3) is 3.85. The second-order valence-corrected chi connectivity index (χ2v) is 5.29. The number of hydrogen-bond donors (Lipinski definition) is 2. The fraction of sp³-hybridized carbons (Fsp3) is 0.538. The van der Waals surface area contributed by atoms with Crippen LogP contribution in [0.15, 0.2) is 18.2 Å². The van der Waals surface area contributed by atoms with Crippen LogP contribution in [-0.4, -0.2) is 19.1 Å². The van der Waals surface area contributed by atoms with E-state index in [1.54, 1.807) is 0 Å². The van der Waals surface area contributed by atoms with Gasteiger partial charge in [-0.1, -0.05) is 35.7 Å². The van der Waals surface area contributed by atoms with E-state index in [2.05, 4.69) is 10.6 Å². The van der Waals surface area contributed by atoms with Crippen LogP contribution in [0.25, 0.3) is 0 Å². The van der Waals surface area contributed by atoms with Crippen molar-refractivity contribution < 1.29 is 0 Å². The van der Waals surface area contributed by atoms with E-state index in [0.717, 1.165) is 35.2 Å². The number of piperidine rings is 1. The highest BCUT2D eigenvalue weighted by Gasteiger charge is 2.12. The van der Waals surface area contributed by atoms with Gasteiger partial charge in [0.25, 0.3) is 0 Å². The van der Waals surface area contributed by atoms with Crippen molar-refractivity contribution in [1.29, 1.82) is 0 Å². The highest BCUT2D eigenvalue weighted by Crippen LogP contribution is 2.23. The minimum atomic E-state index is 0.588. The lowest BCUT2D eigenvalue weighted by molar-refractivity contribution is 0.383. The monoisotopic (exact) mass is 272 g/mol. The molecule has 0 radical (unpaired) electrons. The lowest BCUT2D eigenvalue weighted by atomic mass is 10.1. The molecule has 0 saturated carbocycles. The van der Waals surface area contributed by atoms with E-state index in [1.165, 1.54) is 19.3 Å². The average molecular weight is 273 g/mol. The van der Waals surface area contributed by atoms with Gasteiger partial charge in [-0.15, -0.1) is 0 Å². The van der Waals surface area contributed by atoms with Gasteiger partial charge in [0, 0.05) is 34.7 Å². The van der Waals surface area contributed by atoms with Crippen LogP contribution in [0.4, 0.5) is 0 Å². The Kier molecular flexibility index (Phi) is 5.11. The van der Waals surface area contributed by atoms with Crippen LogP contribution >= 0.6 is 23.2 Å². The smallest absolute Gasteiger partial charge is 0.0465 e. The molecule has 1 atom stereocenters. The van der Waals surface area contributed by atoms with E-state index in [0.29, 0.717) is 6.04 Å². The number of halogens is 2. The van der Waals surface area contributed by atoms with Crippen LogP contribution < -0.4 is 10.6 Å². The predicted octanol–water partition coefficient (Wildman–Crippen LogP) is 3.23. The van der Waals surface area contributed by atoms with Crippen LogP contribution in [-0.2, 0) is 6.54 Å². The lowest BCUT2D eigenvalue weighted by Gasteiger charge is -2.23. The van der Waals surface area contributed by atoms with Gasteiger partial charge in [-0.25, -0.2) is 0 Å². The molecule has 2 N–H and O–H groups in total. The largest absolute Gasteiger partial charge is 0.313 e. The van der Waals surface area contributed by atoms with Crippen molar-refractivity contribution in [3.8, 4) is 0 Å². The zero-order chi connectivity index (χ0) is 12.1. The number of rotatable bonds is 4. The first-order chi connectivity index (χ1) is 8.27. The summed E-state index contributed by atoms with van der Waals surface area (Å²) in [7, 11) is 0. The first kappa shape index (κ1) is 13.2. The van der Waals surface area contributed by atoms with Crippen LogP contribution in [0.3, 0.4) is 0 Å². The Morgan fingerprint density at radius 3 is 2.65 bits per heavy atom. The van der Waals surface area contributed by atoms with Crippen molar-refractivity contribution in [1.82, 2.24) is 10.6 Å². The number of hydrogen-bond acceptors (Lipinski definition) is 2. The summed E-state index contributed by atoms with van der Waals surface area (Å²) in [4.78, 5) is 0. The van der Waals surface area contributed by atoms with E-state index in [1.807, 2.05) is 18.2 Å². The maximum absolute atomic E-state index is 6.11. The highest BCUT2D eigenvalue weighted by atomic mass is 35.5. The van der Waals surface area contributed by atoms with Gasteiger partial charge < -0.3 is 10.6 Å². The zero-order valence-electron chi connectivity index (χ0n) is 9.81. The minimum absolute atomic E-state index is 0.588. The van der Waals surface area contributed by atoms with Gasteiger partial charge in [-0.3, -0.25) is 0 Å². The summed E-state index contributed by atoms with van der Waals surface area (Å²) in [5.41, 5.74) is 0.992. The molecule has 0 aromatic heterocycles. The van der Waals surface area contributed by atoms with Crippen molar-refractivity contribution in [2.75, 3.05) is 13.1 Å². The molecule has 2 rings (SSSR count). The normalized spacial score (nSPS) is 20.5. The van der Waals surface area contributed by atoms with Crippen molar-refractivity contribution in [3.63, 3.8) is 0 Å². The van der Waals surface area contributed by atoms with Crippen LogP contribution in [0.2, 0.25) is 10.0 Å². The topological polar surface area (TPSA) is 24.1 Å². The molecule has 1 saturated heterocycles. The van der Waals surface area contributed by atoms with Gasteiger partial charge >= 0.3 is 0 Å². The minimum Gasteiger partial charge on any atom is -0.313 e. The molecule has 1 aliphatic rings. The summed E-state index contributed by atoms with van der Waals surface area (Å²) in [5, 5.41) is 8.40. The molecule has 1 fully saturated rings. The third-order valence-electron chi connectivity index (χ3n) is 3.17. The molecule has 17 heavy (non-hydrogen) atoms. The van der Waals surface area contributed by atoms with Gasteiger partial charge in [0.1, 0.15) is 0 Å². The second-order valence-electron chi connectivity index (χ2n) is 4.48. The molecule has 0 unspecified atom stereocenters. The number of benzene rings is 1. The first-order valence-corrected chi connectivity index (χ1v) is 6.90. The van der Waals surface area contributed by atoms with Crippen molar-refractivity contribution in [2.45, 2.75) is 31.8 Å². The van der Waals surface area contributed by atoms with Gasteiger partial charge in [-0.2, -0.15) is 0 Å². The molecule has 4 heteroatoms. The average Bonchev–Trinajstić information content (AvgIpc) is 2.34. The molecular weight excluding hydrogens is 255 g/mol. The molecule has 1 aromatic rings. The molecule has 2 nitrogen and oxygen atoms in total. The van der Waals surface area contributed by atoms with Gasteiger partial charge in [0.2, 0.25) is 0 Å². The molecular formula is C13H18Cl2N2. The van der Waals surface area contributed by atoms with E-state index < -0.39 is 0 Å². The Labute approximate surface area is 113 Å². The van der Waals surface area contributed by atoms with Gasteiger partial charge in [0.05, 0.1) is 0 Å². The summed E-state index contributed by atoms with van der Waals surface area (Å²) in [6.45, 7) is 2.84. The fourth-order valence-corrected chi connectivity index (χ4v) is 2.70. The summed E-state index contributed by atoms with van der Waals surface area (Å²) >= 11 is 12.2. The van der Waals surface area contributed by atoms with Crippen molar-refractivity contribution in [3.05, 3.63) is 33.8 Å². The van der Waals surface area contributed by atoms with Crippen molar-refractivity contribution >= 4 is 23.2 Å². The van der Waals surface area contributed by atoms with Gasteiger partial charge in [-0.05, 0) is 31.5 Å². The molecule has 1 heterocycles. The predicted molar refractivity (Wildman–Crippen MR) is 73.8 cm³/mol. The lowest BCUT2D eigenvalue weighted by Crippen LogP contribution is -2.41. The number of nitrogens with one attached hydrogen (secondary N) is 2.